The number of carbonyl (C=O) groups is 4. The number of pyridine rings is 2. The van der Waals surface area contributed by atoms with Crippen molar-refractivity contribution in [3.05, 3.63) is 216 Å². The molecule has 440 valence electrons. The summed E-state index contributed by atoms with van der Waals surface area (Å²) in [5, 5.41) is 23.5. The second-order valence-corrected chi connectivity index (χ2v) is 23.0. The molecule has 0 unspecified atom stereocenters. The smallest absolute Gasteiger partial charge is 0.326 e. The molecule has 8 aromatic heterocycles. The fourth-order valence-electron chi connectivity index (χ4n) is 10.5. The monoisotopic (exact) mass is 1210 g/mol. The number of amides is 7. The number of imidazole rings is 4. The highest BCUT2D eigenvalue weighted by Gasteiger charge is 2.25. The Morgan fingerprint density at radius 2 is 0.955 bits per heavy atom. The summed E-state index contributed by atoms with van der Waals surface area (Å²) < 4.78 is 7.03. The molecule has 0 fully saturated rings. The molecule has 5 aromatic carbocycles. The van der Waals surface area contributed by atoms with Crippen molar-refractivity contribution in [1.82, 2.24) is 53.2 Å². The van der Waals surface area contributed by atoms with Crippen LogP contribution >= 0.6 is 22.7 Å². The maximum absolute atomic E-state index is 14.3. The quantitative estimate of drug-likeness (QED) is 0.0511. The Labute approximate surface area is 517 Å². The van der Waals surface area contributed by atoms with Crippen LogP contribution in [0, 0.1) is 13.8 Å². The van der Waals surface area contributed by atoms with Gasteiger partial charge < -0.3 is 14.5 Å². The Morgan fingerprint density at radius 3 is 1.62 bits per heavy atom. The first-order valence-corrected chi connectivity index (χ1v) is 29.8. The van der Waals surface area contributed by atoms with E-state index in [1.807, 2.05) is 190 Å². The van der Waals surface area contributed by atoms with Crippen molar-refractivity contribution >= 4 is 91.2 Å². The van der Waals surface area contributed by atoms with Crippen molar-refractivity contribution in [2.75, 3.05) is 38.9 Å². The third-order valence-electron chi connectivity index (χ3n) is 14.8. The van der Waals surface area contributed by atoms with Crippen molar-refractivity contribution in [1.29, 1.82) is 0 Å². The second-order valence-electron chi connectivity index (χ2n) is 20.7. The zero-order valence-corrected chi connectivity index (χ0v) is 50.2. The Morgan fingerprint density at radius 1 is 0.449 bits per heavy atom. The van der Waals surface area contributed by atoms with Crippen molar-refractivity contribution < 1.29 is 19.2 Å². The third-order valence-corrected chi connectivity index (χ3v) is 16.7. The molecule has 0 aliphatic rings. The van der Waals surface area contributed by atoms with E-state index in [-0.39, 0.29) is 11.5 Å². The minimum Gasteiger partial charge on any atom is -0.354 e. The lowest BCUT2D eigenvalue weighted by Crippen LogP contribution is -2.25. The van der Waals surface area contributed by atoms with Gasteiger partial charge in [0, 0.05) is 67.8 Å². The second kappa shape index (κ2) is 24.1. The number of carbonyl (C=O) groups excluding carboxylic acids is 4. The van der Waals surface area contributed by atoms with Crippen molar-refractivity contribution in [3.8, 4) is 67.4 Å². The molecule has 0 saturated heterocycles. The van der Waals surface area contributed by atoms with Crippen LogP contribution < -0.4 is 37.2 Å². The molecule has 0 aliphatic heterocycles. The Bertz CT molecular complexity index is 4870. The predicted molar refractivity (Wildman–Crippen MR) is 351 cm³/mol. The fourth-order valence-corrected chi connectivity index (χ4v) is 12.3. The molecule has 13 rings (SSSR count). The normalized spacial score (nSPS) is 11.2. The molecule has 0 aliphatic carbocycles. The predicted octanol–water partition coefficient (Wildman–Crippen LogP) is 13.9. The summed E-state index contributed by atoms with van der Waals surface area (Å²) in [5.41, 5.74) is 10.8. The van der Waals surface area contributed by atoms with Crippen LogP contribution in [-0.4, -0.2) is 78.9 Å². The van der Waals surface area contributed by atoms with Gasteiger partial charge in [-0.1, -0.05) is 127 Å². The van der Waals surface area contributed by atoms with E-state index in [0.717, 1.165) is 54.5 Å². The molecule has 8 heterocycles. The van der Waals surface area contributed by atoms with Gasteiger partial charge in [-0.05, 0) is 73.0 Å². The maximum atomic E-state index is 14.3. The molecule has 0 saturated carbocycles. The number of rotatable bonds is 15. The summed E-state index contributed by atoms with van der Waals surface area (Å²) in [7, 11) is 5.19. The van der Waals surface area contributed by atoms with Crippen LogP contribution in [0.25, 0.3) is 78.7 Å². The van der Waals surface area contributed by atoms with Crippen LogP contribution in [0.5, 0.6) is 0 Å². The average Bonchev–Trinajstić information content (AvgIpc) is 3.79. The van der Waals surface area contributed by atoms with Crippen molar-refractivity contribution in [2.45, 2.75) is 20.3 Å². The lowest BCUT2D eigenvalue weighted by molar-refractivity contribution is 0.0959. The number of thiazole rings is 2. The number of anilines is 6. The number of aryl methyl sites for hydroxylation is 3. The highest BCUT2D eigenvalue weighted by atomic mass is 32.1. The zero-order chi connectivity index (χ0) is 61.3. The number of nitrogens with one attached hydrogen (secondary N) is 7. The van der Waals surface area contributed by atoms with Gasteiger partial charge in [-0.2, -0.15) is 0 Å². The van der Waals surface area contributed by atoms with Gasteiger partial charge in [-0.15, -0.1) is 22.7 Å². The van der Waals surface area contributed by atoms with Crippen LogP contribution in [0.4, 0.5) is 47.7 Å². The number of fused-ring (bicyclic) bond motifs is 2. The number of benzene rings is 5. The van der Waals surface area contributed by atoms with E-state index < -0.39 is 24.0 Å². The number of hydrogen-bond donors (Lipinski definition) is 7. The van der Waals surface area contributed by atoms with E-state index in [2.05, 4.69) is 42.2 Å². The van der Waals surface area contributed by atoms with E-state index in [1.165, 1.54) is 29.7 Å². The summed E-state index contributed by atoms with van der Waals surface area (Å²) in [5.74, 6) is 1.87. The fraction of sp³-hybridized carbons (Fsp3) is 0.0909. The van der Waals surface area contributed by atoms with Gasteiger partial charge in [-0.3, -0.25) is 45.5 Å². The molecule has 0 radical (unpaired) electrons. The van der Waals surface area contributed by atoms with E-state index in [1.54, 1.807) is 44.1 Å². The van der Waals surface area contributed by atoms with Gasteiger partial charge in [0.2, 0.25) is 0 Å². The maximum Gasteiger partial charge on any atom is 0.326 e. The topological polar surface area (TPSA) is 249 Å². The molecule has 7 amide bonds. The highest BCUT2D eigenvalue weighted by Crippen LogP contribution is 2.39. The zero-order valence-electron chi connectivity index (χ0n) is 48.5. The van der Waals surface area contributed by atoms with E-state index in [0.29, 0.717) is 79.5 Å². The number of urea groups is 3. The van der Waals surface area contributed by atoms with Crippen LogP contribution in [0.3, 0.4) is 0 Å². The first kappa shape index (κ1) is 56.6. The van der Waals surface area contributed by atoms with Gasteiger partial charge in [0.05, 0.1) is 16.3 Å². The van der Waals surface area contributed by atoms with Crippen LogP contribution in [0.2, 0.25) is 0 Å². The Kier molecular flexibility index (Phi) is 15.3. The number of hydrogen-bond acceptors (Lipinski definition) is 12. The summed E-state index contributed by atoms with van der Waals surface area (Å²) in [6.45, 7) is 3.80. The molecule has 0 atom stereocenters. The molecule has 13 aromatic rings. The Balaban J connectivity index is 0.726. The number of aromatic nitrogens is 10. The molecular formula is C66H55N17O4S2. The van der Waals surface area contributed by atoms with E-state index >= 15 is 0 Å². The van der Waals surface area contributed by atoms with Crippen molar-refractivity contribution in [3.63, 3.8) is 0 Å². The molecule has 89 heavy (non-hydrogen) atoms. The van der Waals surface area contributed by atoms with Crippen LogP contribution in [0.1, 0.15) is 31.9 Å². The van der Waals surface area contributed by atoms with E-state index in [4.69, 9.17) is 24.9 Å². The largest absolute Gasteiger partial charge is 0.354 e. The standard InChI is InChI=1S/C66H55N17O4S2/c1-38-69-52(58(81(38)5)75-66(87)78-62-54(70-39(2)88-62)41-20-8-6-9-21-41)45-26-16-19-40(33-45)34-50-73-55(42-22-10-7-11-23-42)63(89-50)79-65(86)74-57-51(68-37-80(57)4)46-27-17-24-43(35-46)44-25-18-28-47(36-44)53-59(82-31-14-12-29-48(82)71-53)76-64(85)77-60-56(61(84)67-3)72-49-30-13-15-32-83(49)60/h6-33,35-37H,34H2,1-5H3,(H,67,84)(H2,74,79,86)(H2,75,78,87)(H2,76,77,85). The lowest BCUT2D eigenvalue weighted by Gasteiger charge is -2.12. The van der Waals surface area contributed by atoms with E-state index in [9.17, 15) is 19.2 Å². The summed E-state index contributed by atoms with van der Waals surface area (Å²) in [4.78, 5) is 83.8. The Hall–Kier alpha value is -11.6. The molecule has 7 N–H and O–H groups in total. The van der Waals surface area contributed by atoms with Gasteiger partial charge >= 0.3 is 18.1 Å². The minimum atomic E-state index is -0.608. The summed E-state index contributed by atoms with van der Waals surface area (Å²) in [6, 6.07) is 52.6. The summed E-state index contributed by atoms with van der Waals surface area (Å²) >= 11 is 2.79. The highest BCUT2D eigenvalue weighted by molar-refractivity contribution is 7.16. The first-order chi connectivity index (χ1) is 43.3. The van der Waals surface area contributed by atoms with Gasteiger partial charge in [0.25, 0.3) is 5.91 Å². The van der Waals surface area contributed by atoms with Gasteiger partial charge in [0.15, 0.2) is 11.5 Å². The molecule has 21 nitrogen and oxygen atoms in total. The molecule has 0 spiro atoms. The van der Waals surface area contributed by atoms with Crippen LogP contribution in [0.15, 0.2) is 189 Å². The molecule has 23 heteroatoms. The SMILES string of the molecule is CNC(=O)c1nc2ccccn2c1NC(=O)Nc1c(-c2cccc(-c3cccc(-c4ncn(C)c4NC(=O)Nc4sc(Cc5cccc(-c6nc(C)n(C)c6NC(=O)Nc6sc(C)nc6-c6ccccc6)c5)nc4-c4ccccc4)c3)c2)nc2ccccn12. The lowest BCUT2D eigenvalue weighted by atomic mass is 9.99. The average molecular weight is 1210 g/mol. The molecule has 0 bridgehead atoms. The number of nitrogens with zero attached hydrogens (tertiary/aromatic N) is 10. The van der Waals surface area contributed by atoms with Gasteiger partial charge in [-0.25, -0.2) is 44.3 Å². The molecular weight excluding hydrogens is 1160 g/mol. The van der Waals surface area contributed by atoms with Gasteiger partial charge in [0.1, 0.15) is 73.0 Å². The summed E-state index contributed by atoms with van der Waals surface area (Å²) in [6.07, 6.45) is 5.63. The van der Waals surface area contributed by atoms with Crippen LogP contribution in [-0.2, 0) is 20.5 Å². The first-order valence-electron chi connectivity index (χ1n) is 28.2. The third kappa shape index (κ3) is 11.6. The minimum absolute atomic E-state index is 0.0612. The van der Waals surface area contributed by atoms with Crippen molar-refractivity contribution in [2.24, 2.45) is 14.1 Å².